The number of carboxylic acid groups (broad SMARTS) is 1. The van der Waals surface area contributed by atoms with Crippen LogP contribution in [0.2, 0.25) is 0 Å². The fraction of sp³-hybridized carbons (Fsp3) is 0.350. The third-order valence-electron chi connectivity index (χ3n) is 4.57. The maximum Gasteiger partial charge on any atom is 0.322 e. The van der Waals surface area contributed by atoms with E-state index in [9.17, 15) is 29.4 Å². The largest absolute Gasteiger partial charge is 0.508 e. The maximum atomic E-state index is 12.8. The third kappa shape index (κ3) is 8.23. The predicted molar refractivity (Wildman–Crippen MR) is 114 cm³/mol. The first-order chi connectivity index (χ1) is 15.7. The Morgan fingerprint density at radius 1 is 1.00 bits per heavy atom. The molecule has 9 N–H and O–H groups in total. The molecule has 13 heteroatoms. The number of carbonyl (C=O) groups is 4. The van der Waals surface area contributed by atoms with E-state index in [2.05, 4.69) is 25.9 Å². The average Bonchev–Trinajstić information content (AvgIpc) is 3.29. The summed E-state index contributed by atoms with van der Waals surface area (Å²) in [5, 5.41) is 34.3. The summed E-state index contributed by atoms with van der Waals surface area (Å²) in [5.41, 5.74) is 7.17. The standard InChI is InChI=1S/C20H26N6O7/c21-14(5-11-1-3-13(28)4-2-11)18(31)25-15(6-12-7-22-10-24-12)20(33)26-16(9-27)19(32)23-8-17(29)30/h1-4,7,10,14-16,27-28H,5-6,8-9,21H2,(H,22,24)(H,23,32)(H,25,31)(H,26,33)(H,29,30). The summed E-state index contributed by atoms with van der Waals surface area (Å²) < 4.78 is 0. The van der Waals surface area contributed by atoms with Crippen molar-refractivity contribution < 1.29 is 34.5 Å². The number of phenols is 1. The number of phenolic OH excluding ortho intramolecular Hbond substituents is 1. The van der Waals surface area contributed by atoms with Gasteiger partial charge in [-0.05, 0) is 24.1 Å². The van der Waals surface area contributed by atoms with E-state index < -0.39 is 55.0 Å². The van der Waals surface area contributed by atoms with Gasteiger partial charge in [-0.3, -0.25) is 19.2 Å². The zero-order valence-corrected chi connectivity index (χ0v) is 17.5. The third-order valence-corrected chi connectivity index (χ3v) is 4.57. The van der Waals surface area contributed by atoms with Crippen LogP contribution in [0, 0.1) is 0 Å². The minimum Gasteiger partial charge on any atom is -0.508 e. The molecule has 13 nitrogen and oxygen atoms in total. The number of nitrogens with one attached hydrogen (secondary N) is 4. The molecule has 0 aliphatic rings. The summed E-state index contributed by atoms with van der Waals surface area (Å²) in [5.74, 6) is -3.56. The molecule has 3 atom stereocenters. The first kappa shape index (κ1) is 25.3. The molecule has 0 saturated heterocycles. The van der Waals surface area contributed by atoms with Crippen LogP contribution in [0.5, 0.6) is 5.75 Å². The lowest BCUT2D eigenvalue weighted by Crippen LogP contribution is -2.57. The van der Waals surface area contributed by atoms with Gasteiger partial charge in [-0.2, -0.15) is 0 Å². The van der Waals surface area contributed by atoms with Crippen LogP contribution in [0.3, 0.4) is 0 Å². The van der Waals surface area contributed by atoms with Gasteiger partial charge in [-0.1, -0.05) is 12.1 Å². The second kappa shape index (κ2) is 12.2. The van der Waals surface area contributed by atoms with Crippen LogP contribution >= 0.6 is 0 Å². The lowest BCUT2D eigenvalue weighted by molar-refractivity contribution is -0.139. The maximum absolute atomic E-state index is 12.8. The Hall–Kier alpha value is -3.97. The molecule has 0 spiro atoms. The Morgan fingerprint density at radius 3 is 2.24 bits per heavy atom. The average molecular weight is 462 g/mol. The van der Waals surface area contributed by atoms with Crippen molar-refractivity contribution >= 4 is 23.7 Å². The number of hydrogen-bond donors (Lipinski definition) is 8. The van der Waals surface area contributed by atoms with Crippen molar-refractivity contribution in [2.24, 2.45) is 5.73 Å². The van der Waals surface area contributed by atoms with Gasteiger partial charge in [0.25, 0.3) is 0 Å². The molecule has 178 valence electrons. The van der Waals surface area contributed by atoms with Gasteiger partial charge in [-0.25, -0.2) is 4.98 Å². The Bertz CT molecular complexity index is 948. The van der Waals surface area contributed by atoms with E-state index in [0.29, 0.717) is 11.3 Å². The second-order valence-electron chi connectivity index (χ2n) is 7.17. The lowest BCUT2D eigenvalue weighted by Gasteiger charge is -2.23. The molecule has 33 heavy (non-hydrogen) atoms. The number of nitrogens with zero attached hydrogens (tertiary/aromatic N) is 1. The smallest absolute Gasteiger partial charge is 0.322 e. The van der Waals surface area contributed by atoms with E-state index in [1.165, 1.54) is 24.7 Å². The fourth-order valence-electron chi connectivity index (χ4n) is 2.84. The second-order valence-corrected chi connectivity index (χ2v) is 7.17. The summed E-state index contributed by atoms with van der Waals surface area (Å²) in [6.45, 7) is -1.48. The van der Waals surface area contributed by atoms with Gasteiger partial charge < -0.3 is 42.0 Å². The van der Waals surface area contributed by atoms with E-state index >= 15 is 0 Å². The number of carboxylic acids is 1. The van der Waals surface area contributed by atoms with Crippen molar-refractivity contribution in [3.05, 3.63) is 48.0 Å². The Kier molecular flexibility index (Phi) is 9.32. The number of amides is 3. The number of benzene rings is 1. The Balaban J connectivity index is 2.06. The molecule has 2 rings (SSSR count). The van der Waals surface area contributed by atoms with Crippen LogP contribution < -0.4 is 21.7 Å². The summed E-state index contributed by atoms with van der Waals surface area (Å²) in [7, 11) is 0. The number of aliphatic carboxylic acids is 1. The number of rotatable bonds is 12. The fourth-order valence-corrected chi connectivity index (χ4v) is 2.84. The van der Waals surface area contributed by atoms with Crippen molar-refractivity contribution in [1.82, 2.24) is 25.9 Å². The number of aromatic nitrogens is 2. The summed E-state index contributed by atoms with van der Waals surface area (Å²) in [6.07, 6.45) is 2.96. The summed E-state index contributed by atoms with van der Waals surface area (Å²) in [4.78, 5) is 54.7. The molecular formula is C20H26N6O7. The quantitative estimate of drug-likeness (QED) is 0.165. The van der Waals surface area contributed by atoms with Gasteiger partial charge >= 0.3 is 5.97 Å². The van der Waals surface area contributed by atoms with Crippen LogP contribution in [-0.2, 0) is 32.0 Å². The number of aromatic hydroxyl groups is 1. The highest BCUT2D eigenvalue weighted by Crippen LogP contribution is 2.11. The van der Waals surface area contributed by atoms with E-state index in [4.69, 9.17) is 10.8 Å². The molecule has 0 fully saturated rings. The summed E-state index contributed by atoms with van der Waals surface area (Å²) in [6, 6.07) is 2.52. The minimum absolute atomic E-state index is 0.0155. The monoisotopic (exact) mass is 462 g/mol. The molecule has 1 aromatic carbocycles. The number of hydrogen-bond acceptors (Lipinski definition) is 8. The highest BCUT2D eigenvalue weighted by Gasteiger charge is 2.28. The number of H-pyrrole nitrogens is 1. The van der Waals surface area contributed by atoms with Crippen molar-refractivity contribution in [2.45, 2.75) is 31.0 Å². The van der Waals surface area contributed by atoms with Gasteiger partial charge in [0.2, 0.25) is 17.7 Å². The van der Waals surface area contributed by atoms with E-state index in [1.807, 2.05) is 0 Å². The normalized spacial score (nSPS) is 13.4. The predicted octanol–water partition coefficient (Wildman–Crippen LogP) is -2.61. The SMILES string of the molecule is NC(Cc1ccc(O)cc1)C(=O)NC(Cc1cnc[nH]1)C(=O)NC(CO)C(=O)NCC(=O)O. The molecule has 0 aliphatic heterocycles. The lowest BCUT2D eigenvalue weighted by atomic mass is 10.0. The van der Waals surface area contributed by atoms with Crippen LogP contribution in [-0.4, -0.2) is 80.3 Å². The highest BCUT2D eigenvalue weighted by atomic mass is 16.4. The zero-order chi connectivity index (χ0) is 24.4. The number of carbonyl (C=O) groups excluding carboxylic acids is 3. The number of aliphatic hydroxyl groups excluding tert-OH is 1. The van der Waals surface area contributed by atoms with Crippen LogP contribution in [0.1, 0.15) is 11.3 Å². The summed E-state index contributed by atoms with van der Waals surface area (Å²) >= 11 is 0. The molecule has 1 heterocycles. The highest BCUT2D eigenvalue weighted by molar-refractivity contribution is 5.93. The minimum atomic E-state index is -1.43. The van der Waals surface area contributed by atoms with Gasteiger partial charge in [-0.15, -0.1) is 0 Å². The van der Waals surface area contributed by atoms with Crippen molar-refractivity contribution in [3.63, 3.8) is 0 Å². The molecule has 3 amide bonds. The molecule has 2 aromatic rings. The molecule has 1 aromatic heterocycles. The zero-order valence-electron chi connectivity index (χ0n) is 17.5. The molecular weight excluding hydrogens is 436 g/mol. The van der Waals surface area contributed by atoms with Crippen LogP contribution in [0.25, 0.3) is 0 Å². The van der Waals surface area contributed by atoms with Crippen molar-refractivity contribution in [1.29, 1.82) is 0 Å². The first-order valence-corrected chi connectivity index (χ1v) is 9.91. The van der Waals surface area contributed by atoms with Gasteiger partial charge in [0, 0.05) is 18.3 Å². The van der Waals surface area contributed by atoms with E-state index in [-0.39, 0.29) is 18.6 Å². The van der Waals surface area contributed by atoms with Crippen molar-refractivity contribution in [3.8, 4) is 5.75 Å². The number of aromatic amines is 1. The molecule has 0 aliphatic carbocycles. The molecule has 0 radical (unpaired) electrons. The number of imidazole rings is 1. The van der Waals surface area contributed by atoms with Crippen LogP contribution in [0.15, 0.2) is 36.8 Å². The molecule has 3 unspecified atom stereocenters. The van der Waals surface area contributed by atoms with Gasteiger partial charge in [0.1, 0.15) is 24.4 Å². The molecule has 0 bridgehead atoms. The van der Waals surface area contributed by atoms with Gasteiger partial charge in [0.15, 0.2) is 0 Å². The number of nitrogens with two attached hydrogens (primary N) is 1. The Morgan fingerprint density at radius 2 is 1.67 bits per heavy atom. The van der Waals surface area contributed by atoms with E-state index in [1.54, 1.807) is 12.1 Å². The van der Waals surface area contributed by atoms with Crippen molar-refractivity contribution in [2.75, 3.05) is 13.2 Å². The first-order valence-electron chi connectivity index (χ1n) is 9.91. The van der Waals surface area contributed by atoms with Gasteiger partial charge in [0.05, 0.1) is 19.0 Å². The van der Waals surface area contributed by atoms with Crippen LogP contribution in [0.4, 0.5) is 0 Å². The Labute approximate surface area is 188 Å². The van der Waals surface area contributed by atoms with E-state index in [0.717, 1.165) is 0 Å². The topological polar surface area (TPSA) is 220 Å². The number of aliphatic hydroxyl groups is 1. The molecule has 0 saturated carbocycles.